The molecule has 0 aromatic heterocycles. The predicted octanol–water partition coefficient (Wildman–Crippen LogP) is 1.31. The van der Waals surface area contributed by atoms with E-state index in [1.54, 1.807) is 0 Å². The second-order valence-electron chi connectivity index (χ2n) is 4.20. The Bertz CT molecular complexity index is 608. The van der Waals surface area contributed by atoms with Crippen molar-refractivity contribution in [2.24, 2.45) is 0 Å². The molecule has 22 heavy (non-hydrogen) atoms. The van der Waals surface area contributed by atoms with Crippen LogP contribution in [0.15, 0.2) is 29.2 Å². The average molecular weight is 374 g/mol. The summed E-state index contributed by atoms with van der Waals surface area (Å²) in [6.07, 6.45) is -1.40. The average Bonchev–Trinajstić information content (AvgIpc) is 2.51. The predicted molar refractivity (Wildman–Crippen MR) is 79.0 cm³/mol. The van der Waals surface area contributed by atoms with E-state index in [1.165, 1.54) is 24.3 Å². The second kappa shape index (κ2) is 8.07. The van der Waals surface area contributed by atoms with Gasteiger partial charge < -0.3 is 10.4 Å². The highest BCUT2D eigenvalue weighted by Gasteiger charge is 2.25. The summed E-state index contributed by atoms with van der Waals surface area (Å²) in [5.41, 5.74) is 0.207. The molecule has 0 fully saturated rings. The number of rotatable bonds is 7. The Balaban J connectivity index is 2.92. The van der Waals surface area contributed by atoms with Gasteiger partial charge in [-0.25, -0.2) is 4.39 Å². The monoisotopic (exact) mass is 373 g/mol. The standard InChI is InChI=1S/C12H14Cl2FNO5S/c1-21-22(19,20)8-4-2-7(3-5-8)10(17)9(6-15)16-12(18)11(13)14/h2-5,9-11,17H,6H2,1H3,(H,16,18)/t9-,10-/m1/s1. The number of amides is 1. The fourth-order valence-electron chi connectivity index (χ4n) is 1.61. The zero-order valence-electron chi connectivity index (χ0n) is 11.4. The topological polar surface area (TPSA) is 92.7 Å². The highest BCUT2D eigenvalue weighted by Crippen LogP contribution is 2.21. The summed E-state index contributed by atoms with van der Waals surface area (Å²) < 4.78 is 40.2. The van der Waals surface area contributed by atoms with Crippen molar-refractivity contribution in [3.8, 4) is 0 Å². The number of nitrogens with one attached hydrogen (secondary N) is 1. The summed E-state index contributed by atoms with van der Waals surface area (Å²) in [4.78, 5) is 9.81. The van der Waals surface area contributed by atoms with Gasteiger partial charge in [-0.3, -0.25) is 8.98 Å². The number of halogens is 3. The first-order chi connectivity index (χ1) is 10.2. The maximum atomic E-state index is 13.0. The third-order valence-corrected chi connectivity index (χ3v) is 4.49. The Labute approximate surface area is 137 Å². The van der Waals surface area contributed by atoms with Crippen LogP contribution in [0.1, 0.15) is 11.7 Å². The van der Waals surface area contributed by atoms with E-state index in [0.717, 1.165) is 7.11 Å². The quantitative estimate of drug-likeness (QED) is 0.555. The van der Waals surface area contributed by atoms with E-state index in [4.69, 9.17) is 23.2 Å². The Hall–Kier alpha value is -0.930. The molecule has 0 saturated heterocycles. The van der Waals surface area contributed by atoms with Gasteiger partial charge in [0.15, 0.2) is 4.84 Å². The molecular formula is C12H14Cl2FNO5S. The van der Waals surface area contributed by atoms with Crippen molar-refractivity contribution in [2.45, 2.75) is 21.9 Å². The fraction of sp³-hybridized carbons (Fsp3) is 0.417. The minimum absolute atomic E-state index is 0.117. The van der Waals surface area contributed by atoms with E-state index in [0.29, 0.717) is 0 Å². The molecule has 10 heteroatoms. The SMILES string of the molecule is COS(=O)(=O)c1ccc([C@@H](O)[C@@H](CF)NC(=O)C(Cl)Cl)cc1. The third kappa shape index (κ3) is 4.79. The molecular weight excluding hydrogens is 360 g/mol. The molecule has 0 spiro atoms. The van der Waals surface area contributed by atoms with Crippen molar-refractivity contribution in [3.63, 3.8) is 0 Å². The molecule has 0 radical (unpaired) electrons. The summed E-state index contributed by atoms with van der Waals surface area (Å²) in [7, 11) is -2.84. The molecule has 0 saturated carbocycles. The molecule has 1 aromatic rings. The molecule has 1 rings (SSSR count). The van der Waals surface area contributed by atoms with E-state index < -0.39 is 39.7 Å². The molecule has 0 aliphatic rings. The molecule has 0 unspecified atom stereocenters. The van der Waals surface area contributed by atoms with E-state index in [9.17, 15) is 22.7 Å². The highest BCUT2D eigenvalue weighted by molar-refractivity contribution is 7.86. The van der Waals surface area contributed by atoms with E-state index in [2.05, 4.69) is 9.50 Å². The second-order valence-corrected chi connectivity index (χ2v) is 7.01. The van der Waals surface area contributed by atoms with Crippen molar-refractivity contribution in [2.75, 3.05) is 13.8 Å². The summed E-state index contributed by atoms with van der Waals surface area (Å²) >= 11 is 10.7. The van der Waals surface area contributed by atoms with Crippen molar-refractivity contribution in [1.29, 1.82) is 0 Å². The van der Waals surface area contributed by atoms with Gasteiger partial charge in [0.2, 0.25) is 0 Å². The van der Waals surface area contributed by atoms with Gasteiger partial charge in [-0.15, -0.1) is 0 Å². The summed E-state index contributed by atoms with van der Waals surface area (Å²) in [6.45, 7) is -1.06. The van der Waals surface area contributed by atoms with E-state index in [1.807, 2.05) is 0 Å². The van der Waals surface area contributed by atoms with Crippen LogP contribution in [0.2, 0.25) is 0 Å². The van der Waals surface area contributed by atoms with Gasteiger partial charge in [0.05, 0.1) is 18.0 Å². The van der Waals surface area contributed by atoms with Crippen LogP contribution in [-0.4, -0.2) is 44.1 Å². The fourth-order valence-corrected chi connectivity index (χ4v) is 2.40. The van der Waals surface area contributed by atoms with Crippen LogP contribution < -0.4 is 5.32 Å². The normalized spacial score (nSPS) is 14.6. The first-order valence-corrected chi connectivity index (χ1v) is 8.24. The van der Waals surface area contributed by atoms with Crippen LogP contribution in [0, 0.1) is 0 Å². The molecule has 124 valence electrons. The van der Waals surface area contributed by atoms with E-state index in [-0.39, 0.29) is 10.5 Å². The lowest BCUT2D eigenvalue weighted by atomic mass is 10.0. The van der Waals surface area contributed by atoms with Crippen molar-refractivity contribution in [1.82, 2.24) is 5.32 Å². The van der Waals surface area contributed by atoms with Gasteiger partial charge in [0.1, 0.15) is 12.8 Å². The van der Waals surface area contributed by atoms with Crippen molar-refractivity contribution in [3.05, 3.63) is 29.8 Å². The molecule has 0 aliphatic heterocycles. The number of carbonyl (C=O) groups is 1. The molecule has 0 heterocycles. The maximum Gasteiger partial charge on any atom is 0.296 e. The summed E-state index contributed by atoms with van der Waals surface area (Å²) in [6, 6.07) is 3.69. The van der Waals surface area contributed by atoms with Crippen LogP contribution in [-0.2, 0) is 19.1 Å². The Morgan fingerprint density at radius 1 is 1.36 bits per heavy atom. The van der Waals surface area contributed by atoms with Crippen molar-refractivity contribution >= 4 is 39.2 Å². The van der Waals surface area contributed by atoms with Crippen LogP contribution in [0.25, 0.3) is 0 Å². The minimum atomic E-state index is -3.86. The first kappa shape index (κ1) is 19.1. The molecule has 0 bridgehead atoms. The Morgan fingerprint density at radius 3 is 2.32 bits per heavy atom. The smallest absolute Gasteiger partial charge is 0.296 e. The van der Waals surface area contributed by atoms with Gasteiger partial charge >= 0.3 is 0 Å². The molecule has 1 amide bonds. The first-order valence-electron chi connectivity index (χ1n) is 5.96. The van der Waals surface area contributed by atoms with Crippen LogP contribution in [0.4, 0.5) is 4.39 Å². The third-order valence-electron chi connectivity index (χ3n) is 2.80. The number of aliphatic hydroxyl groups is 1. The zero-order valence-corrected chi connectivity index (χ0v) is 13.7. The Kier molecular flexibility index (Phi) is 7.01. The van der Waals surface area contributed by atoms with Gasteiger partial charge in [-0.1, -0.05) is 35.3 Å². The lowest BCUT2D eigenvalue weighted by Gasteiger charge is -2.22. The maximum absolute atomic E-state index is 13.0. The molecule has 6 nitrogen and oxygen atoms in total. The lowest BCUT2D eigenvalue weighted by molar-refractivity contribution is -0.121. The highest BCUT2D eigenvalue weighted by atomic mass is 35.5. The Morgan fingerprint density at radius 2 is 1.91 bits per heavy atom. The van der Waals surface area contributed by atoms with Crippen LogP contribution >= 0.6 is 23.2 Å². The number of hydrogen-bond donors (Lipinski definition) is 2. The molecule has 2 N–H and O–H groups in total. The number of benzene rings is 1. The number of hydrogen-bond acceptors (Lipinski definition) is 5. The van der Waals surface area contributed by atoms with E-state index >= 15 is 0 Å². The molecule has 1 aromatic carbocycles. The number of carbonyl (C=O) groups excluding carboxylic acids is 1. The van der Waals surface area contributed by atoms with Crippen LogP contribution in [0.5, 0.6) is 0 Å². The zero-order chi connectivity index (χ0) is 16.9. The minimum Gasteiger partial charge on any atom is -0.386 e. The summed E-state index contributed by atoms with van der Waals surface area (Å²) in [5, 5.41) is 12.2. The van der Waals surface area contributed by atoms with Crippen LogP contribution in [0.3, 0.4) is 0 Å². The molecule has 0 aliphatic carbocycles. The van der Waals surface area contributed by atoms with Gasteiger partial charge in [0.25, 0.3) is 16.0 Å². The molecule has 2 atom stereocenters. The van der Waals surface area contributed by atoms with Gasteiger partial charge in [0, 0.05) is 0 Å². The van der Waals surface area contributed by atoms with Gasteiger partial charge in [-0.2, -0.15) is 8.42 Å². The van der Waals surface area contributed by atoms with Crippen molar-refractivity contribution < 1.29 is 26.9 Å². The van der Waals surface area contributed by atoms with Gasteiger partial charge in [-0.05, 0) is 17.7 Å². The number of alkyl halides is 3. The number of aliphatic hydroxyl groups excluding tert-OH is 1. The largest absolute Gasteiger partial charge is 0.386 e. The summed E-state index contributed by atoms with van der Waals surface area (Å²) in [5.74, 6) is -0.844. The lowest BCUT2D eigenvalue weighted by Crippen LogP contribution is -2.43.